The standard InChI is InChI=1S/C16H19NO/c1-3-10-9-12-11-4-2-6-14-16(11,7-8-17-12)15(10)13(5-1)18-14/h1,3,5,11-12,14,17H,2,4,6-9H2/t11-,12+,14-,16+/m0/s1. The Kier molecular flexibility index (Phi) is 1.70. The highest BCUT2D eigenvalue weighted by Crippen LogP contribution is 2.60. The van der Waals surface area contributed by atoms with Crippen LogP contribution in [0.1, 0.15) is 36.8 Å². The van der Waals surface area contributed by atoms with Crippen molar-refractivity contribution in [3.63, 3.8) is 0 Å². The van der Waals surface area contributed by atoms with Crippen molar-refractivity contribution in [2.45, 2.75) is 49.7 Å². The molecule has 1 saturated heterocycles. The topological polar surface area (TPSA) is 21.3 Å². The molecule has 2 nitrogen and oxygen atoms in total. The van der Waals surface area contributed by atoms with E-state index in [4.69, 9.17) is 4.74 Å². The lowest BCUT2D eigenvalue weighted by Crippen LogP contribution is -2.63. The molecular formula is C16H19NO. The van der Waals surface area contributed by atoms with Crippen LogP contribution in [0.15, 0.2) is 18.2 Å². The lowest BCUT2D eigenvalue weighted by atomic mass is 9.52. The smallest absolute Gasteiger partial charge is 0.123 e. The molecule has 18 heavy (non-hydrogen) atoms. The van der Waals surface area contributed by atoms with Crippen molar-refractivity contribution in [3.05, 3.63) is 29.3 Å². The Morgan fingerprint density at radius 2 is 2.28 bits per heavy atom. The minimum Gasteiger partial charge on any atom is -0.489 e. The monoisotopic (exact) mass is 241 g/mol. The molecule has 0 aromatic heterocycles. The van der Waals surface area contributed by atoms with Gasteiger partial charge in [-0.1, -0.05) is 12.1 Å². The van der Waals surface area contributed by atoms with E-state index < -0.39 is 0 Å². The Labute approximate surface area is 108 Å². The lowest BCUT2D eigenvalue weighted by molar-refractivity contribution is 0.00338. The van der Waals surface area contributed by atoms with Crippen molar-refractivity contribution in [2.24, 2.45) is 5.92 Å². The van der Waals surface area contributed by atoms with E-state index in [9.17, 15) is 0 Å². The summed E-state index contributed by atoms with van der Waals surface area (Å²) in [7, 11) is 0. The van der Waals surface area contributed by atoms with Gasteiger partial charge in [-0.2, -0.15) is 0 Å². The van der Waals surface area contributed by atoms with Crippen LogP contribution >= 0.6 is 0 Å². The third-order valence-electron chi connectivity index (χ3n) is 5.94. The minimum atomic E-state index is 0.373. The third-order valence-corrected chi connectivity index (χ3v) is 5.94. The molecule has 2 heterocycles. The zero-order valence-electron chi connectivity index (χ0n) is 10.6. The molecule has 2 heteroatoms. The average Bonchev–Trinajstić information content (AvgIpc) is 2.70. The molecule has 4 aliphatic rings. The molecule has 94 valence electrons. The van der Waals surface area contributed by atoms with Crippen molar-refractivity contribution in [2.75, 3.05) is 6.54 Å². The molecule has 4 atom stereocenters. The summed E-state index contributed by atoms with van der Waals surface area (Å²) in [4.78, 5) is 0. The number of hydrogen-bond acceptors (Lipinski definition) is 2. The molecule has 5 rings (SSSR count). The number of hydrogen-bond donors (Lipinski definition) is 1. The highest BCUT2D eigenvalue weighted by atomic mass is 16.5. The molecule has 2 bridgehead atoms. The van der Waals surface area contributed by atoms with Crippen LogP contribution in [0, 0.1) is 5.92 Å². The summed E-state index contributed by atoms with van der Waals surface area (Å²) in [5.41, 5.74) is 3.54. The van der Waals surface area contributed by atoms with Crippen molar-refractivity contribution < 1.29 is 4.74 Å². The van der Waals surface area contributed by atoms with E-state index >= 15 is 0 Å². The van der Waals surface area contributed by atoms with Crippen molar-refractivity contribution in [1.82, 2.24) is 5.32 Å². The zero-order chi connectivity index (χ0) is 11.7. The third kappa shape index (κ3) is 0.934. The van der Waals surface area contributed by atoms with E-state index in [1.807, 2.05) is 0 Å². The Hall–Kier alpha value is -1.02. The normalized spacial score (nSPS) is 43.2. The van der Waals surface area contributed by atoms with Crippen molar-refractivity contribution in [3.8, 4) is 5.75 Å². The van der Waals surface area contributed by atoms with Gasteiger partial charge in [-0.25, -0.2) is 0 Å². The largest absolute Gasteiger partial charge is 0.489 e. The molecule has 2 fully saturated rings. The van der Waals surface area contributed by atoms with E-state index in [1.54, 1.807) is 11.1 Å². The Balaban J connectivity index is 1.83. The number of ether oxygens (including phenoxy) is 1. The SMILES string of the molecule is c1cc2c3c(c1)O[C@H]1CCC[C@H]4[C@@H](C2)NCC[C@]314. The fourth-order valence-electron chi connectivity index (χ4n) is 5.40. The summed E-state index contributed by atoms with van der Waals surface area (Å²) in [5, 5.41) is 3.77. The van der Waals surface area contributed by atoms with E-state index in [1.165, 1.54) is 44.4 Å². The fourth-order valence-corrected chi connectivity index (χ4v) is 5.40. The van der Waals surface area contributed by atoms with E-state index in [-0.39, 0.29) is 0 Å². The fraction of sp³-hybridized carbons (Fsp3) is 0.625. The summed E-state index contributed by atoms with van der Waals surface area (Å²) in [5.74, 6) is 2.03. The van der Waals surface area contributed by atoms with Gasteiger partial charge >= 0.3 is 0 Å². The van der Waals surface area contributed by atoms with E-state index in [0.29, 0.717) is 17.6 Å². The van der Waals surface area contributed by atoms with Crippen LogP contribution in [0.3, 0.4) is 0 Å². The first-order chi connectivity index (χ1) is 8.89. The predicted octanol–water partition coefficient (Wildman–Crippen LogP) is 2.40. The molecule has 2 aliphatic heterocycles. The van der Waals surface area contributed by atoms with Gasteiger partial charge in [-0.05, 0) is 56.2 Å². The number of benzene rings is 1. The summed E-state index contributed by atoms with van der Waals surface area (Å²) in [6.07, 6.45) is 6.97. The molecule has 1 aromatic rings. The molecule has 2 aliphatic carbocycles. The highest BCUT2D eigenvalue weighted by Gasteiger charge is 2.61. The van der Waals surface area contributed by atoms with E-state index in [0.717, 1.165) is 5.92 Å². The maximum absolute atomic E-state index is 6.35. The molecule has 0 amide bonds. The number of nitrogens with one attached hydrogen (secondary N) is 1. The van der Waals surface area contributed by atoms with Gasteiger partial charge in [0.1, 0.15) is 11.9 Å². The second-order valence-corrected chi connectivity index (χ2v) is 6.49. The lowest BCUT2D eigenvalue weighted by Gasteiger charge is -2.55. The van der Waals surface area contributed by atoms with Gasteiger partial charge in [-0.3, -0.25) is 0 Å². The summed E-state index contributed by atoms with van der Waals surface area (Å²) >= 11 is 0. The van der Waals surface area contributed by atoms with Gasteiger partial charge in [-0.15, -0.1) is 0 Å². The Morgan fingerprint density at radius 1 is 1.28 bits per heavy atom. The van der Waals surface area contributed by atoms with Crippen LogP contribution in [-0.2, 0) is 11.8 Å². The summed E-state index contributed by atoms with van der Waals surface area (Å²) in [6, 6.07) is 7.41. The number of piperidine rings is 1. The Morgan fingerprint density at radius 3 is 3.28 bits per heavy atom. The Bertz CT molecular complexity index is 526. The van der Waals surface area contributed by atoms with Gasteiger partial charge in [0.2, 0.25) is 0 Å². The first-order valence-electron chi connectivity index (χ1n) is 7.42. The van der Waals surface area contributed by atoms with Gasteiger partial charge in [0, 0.05) is 17.0 Å². The van der Waals surface area contributed by atoms with Gasteiger partial charge in [0.05, 0.1) is 0 Å². The number of rotatable bonds is 0. The maximum Gasteiger partial charge on any atom is 0.123 e. The summed E-state index contributed by atoms with van der Waals surface area (Å²) in [6.45, 7) is 1.18. The molecule has 1 aromatic carbocycles. The summed E-state index contributed by atoms with van der Waals surface area (Å²) < 4.78 is 6.35. The quantitative estimate of drug-likeness (QED) is 0.753. The molecule has 1 N–H and O–H groups in total. The van der Waals surface area contributed by atoms with Crippen LogP contribution < -0.4 is 10.1 Å². The molecule has 0 unspecified atom stereocenters. The average molecular weight is 241 g/mol. The van der Waals surface area contributed by atoms with Crippen LogP contribution in [-0.4, -0.2) is 18.7 Å². The maximum atomic E-state index is 6.35. The second-order valence-electron chi connectivity index (χ2n) is 6.49. The van der Waals surface area contributed by atoms with Gasteiger partial charge in [0.25, 0.3) is 0 Å². The first kappa shape index (κ1) is 9.85. The van der Waals surface area contributed by atoms with Crippen molar-refractivity contribution >= 4 is 0 Å². The van der Waals surface area contributed by atoms with Crippen molar-refractivity contribution in [1.29, 1.82) is 0 Å². The van der Waals surface area contributed by atoms with Crippen LogP contribution in [0.2, 0.25) is 0 Å². The molecular weight excluding hydrogens is 222 g/mol. The second kappa shape index (κ2) is 3.11. The molecule has 0 radical (unpaired) electrons. The molecule has 1 spiro atoms. The minimum absolute atomic E-state index is 0.373. The van der Waals surface area contributed by atoms with Crippen LogP contribution in [0.4, 0.5) is 0 Å². The van der Waals surface area contributed by atoms with E-state index in [2.05, 4.69) is 23.5 Å². The zero-order valence-corrected chi connectivity index (χ0v) is 10.6. The van der Waals surface area contributed by atoms with Crippen LogP contribution in [0.25, 0.3) is 0 Å². The molecule has 1 saturated carbocycles. The van der Waals surface area contributed by atoms with Crippen LogP contribution in [0.5, 0.6) is 5.75 Å². The first-order valence-corrected chi connectivity index (χ1v) is 7.42. The predicted molar refractivity (Wildman–Crippen MR) is 70.0 cm³/mol. The van der Waals surface area contributed by atoms with Gasteiger partial charge < -0.3 is 10.1 Å². The highest BCUT2D eigenvalue weighted by molar-refractivity contribution is 5.54. The van der Waals surface area contributed by atoms with Gasteiger partial charge in [0.15, 0.2) is 0 Å².